The lowest BCUT2D eigenvalue weighted by atomic mass is 9.87. The highest BCUT2D eigenvalue weighted by Gasteiger charge is 2.16. The smallest absolute Gasteiger partial charge is 0.256 e. The highest BCUT2D eigenvalue weighted by Crippen LogP contribution is 2.22. The van der Waals surface area contributed by atoms with Crippen LogP contribution in [0.4, 0.5) is 11.4 Å². The Balaban J connectivity index is 1.59. The van der Waals surface area contributed by atoms with E-state index in [1.54, 1.807) is 49.4 Å². The molecule has 0 aromatic heterocycles. The summed E-state index contributed by atoms with van der Waals surface area (Å²) in [5.74, 6) is -0.960. The minimum absolute atomic E-state index is 0.000707. The summed E-state index contributed by atoms with van der Waals surface area (Å²) >= 11 is 0. The van der Waals surface area contributed by atoms with Crippen LogP contribution in [0.3, 0.4) is 0 Å². The molecule has 0 atom stereocenters. The first kappa shape index (κ1) is 23.7. The number of anilines is 2. The molecule has 0 bridgehead atoms. The average Bonchev–Trinajstić information content (AvgIpc) is 2.79. The van der Waals surface area contributed by atoms with Gasteiger partial charge in [0.1, 0.15) is 0 Å². The topological polar surface area (TPSA) is 87.3 Å². The van der Waals surface area contributed by atoms with Gasteiger partial charge in [0.15, 0.2) is 0 Å². The maximum absolute atomic E-state index is 12.6. The number of rotatable bonds is 6. The molecule has 0 radical (unpaired) electrons. The van der Waals surface area contributed by atoms with Gasteiger partial charge in [-0.15, -0.1) is 0 Å². The predicted octanol–water partition coefficient (Wildman–Crippen LogP) is 4.91. The first-order chi connectivity index (χ1) is 15.6. The summed E-state index contributed by atoms with van der Waals surface area (Å²) in [5.41, 5.74) is 3.93. The van der Waals surface area contributed by atoms with E-state index < -0.39 is 0 Å². The van der Waals surface area contributed by atoms with Crippen LogP contribution in [0.25, 0.3) is 0 Å². The third kappa shape index (κ3) is 6.29. The van der Waals surface area contributed by atoms with E-state index >= 15 is 0 Å². The minimum atomic E-state index is -0.377. The number of hydrogen-bond acceptors (Lipinski definition) is 3. The second-order valence-corrected chi connectivity index (χ2v) is 8.86. The molecule has 0 aliphatic rings. The quantitative estimate of drug-likeness (QED) is 0.506. The Morgan fingerprint density at radius 3 is 2.06 bits per heavy atom. The Hall–Kier alpha value is -3.93. The fourth-order valence-electron chi connectivity index (χ4n) is 3.32. The Kier molecular flexibility index (Phi) is 7.28. The Morgan fingerprint density at radius 1 is 0.758 bits per heavy atom. The van der Waals surface area contributed by atoms with Crippen LogP contribution < -0.4 is 16.0 Å². The SMILES string of the molecule is Cc1c(NC(=O)CNC(=O)c2ccc(C(C)(C)C)cc2)cccc1C(=O)Nc1ccccc1. The molecule has 3 rings (SSSR count). The summed E-state index contributed by atoms with van der Waals surface area (Å²) in [6.45, 7) is 7.91. The lowest BCUT2D eigenvalue weighted by Gasteiger charge is -2.19. The van der Waals surface area contributed by atoms with Gasteiger partial charge in [0, 0.05) is 22.5 Å². The van der Waals surface area contributed by atoms with E-state index in [0.717, 1.165) is 5.56 Å². The molecule has 6 nitrogen and oxygen atoms in total. The van der Waals surface area contributed by atoms with Crippen molar-refractivity contribution < 1.29 is 14.4 Å². The normalized spacial score (nSPS) is 10.9. The van der Waals surface area contributed by atoms with E-state index in [9.17, 15) is 14.4 Å². The maximum atomic E-state index is 12.6. The van der Waals surface area contributed by atoms with E-state index in [0.29, 0.717) is 28.1 Å². The number of para-hydroxylation sites is 1. The fourth-order valence-corrected chi connectivity index (χ4v) is 3.32. The second kappa shape index (κ2) is 10.1. The van der Waals surface area contributed by atoms with Crippen LogP contribution in [0.1, 0.15) is 52.6 Å². The van der Waals surface area contributed by atoms with Crippen LogP contribution in [0, 0.1) is 6.92 Å². The van der Waals surface area contributed by atoms with Gasteiger partial charge in [0.25, 0.3) is 11.8 Å². The molecule has 0 aliphatic heterocycles. The highest BCUT2D eigenvalue weighted by molar-refractivity contribution is 6.07. The third-order valence-corrected chi connectivity index (χ3v) is 5.31. The van der Waals surface area contributed by atoms with Crippen molar-refractivity contribution >= 4 is 29.1 Å². The van der Waals surface area contributed by atoms with Gasteiger partial charge in [-0.25, -0.2) is 0 Å². The number of amides is 3. The largest absolute Gasteiger partial charge is 0.343 e. The van der Waals surface area contributed by atoms with Crippen LogP contribution >= 0.6 is 0 Å². The lowest BCUT2D eigenvalue weighted by Crippen LogP contribution is -2.33. The monoisotopic (exact) mass is 443 g/mol. The molecule has 0 saturated carbocycles. The van der Waals surface area contributed by atoms with Gasteiger partial charge in [-0.05, 0) is 59.9 Å². The number of nitrogens with one attached hydrogen (secondary N) is 3. The van der Waals surface area contributed by atoms with Crippen molar-refractivity contribution in [3.63, 3.8) is 0 Å². The predicted molar refractivity (Wildman–Crippen MR) is 132 cm³/mol. The molecule has 170 valence electrons. The number of carbonyl (C=O) groups is 3. The minimum Gasteiger partial charge on any atom is -0.343 e. The average molecular weight is 444 g/mol. The molecule has 3 N–H and O–H groups in total. The zero-order chi connectivity index (χ0) is 24.0. The molecule has 33 heavy (non-hydrogen) atoms. The zero-order valence-corrected chi connectivity index (χ0v) is 19.4. The Morgan fingerprint density at radius 2 is 1.42 bits per heavy atom. The van der Waals surface area contributed by atoms with E-state index in [4.69, 9.17) is 0 Å². The van der Waals surface area contributed by atoms with Crippen molar-refractivity contribution in [3.05, 3.63) is 95.1 Å². The zero-order valence-electron chi connectivity index (χ0n) is 19.4. The molecule has 3 amide bonds. The van der Waals surface area contributed by atoms with Crippen molar-refractivity contribution in [1.82, 2.24) is 5.32 Å². The van der Waals surface area contributed by atoms with Crippen LogP contribution in [-0.4, -0.2) is 24.3 Å². The van der Waals surface area contributed by atoms with Crippen molar-refractivity contribution in [2.45, 2.75) is 33.1 Å². The molecule has 3 aromatic rings. The molecule has 0 fully saturated rings. The van der Waals surface area contributed by atoms with Gasteiger partial charge >= 0.3 is 0 Å². The van der Waals surface area contributed by atoms with Crippen LogP contribution in [-0.2, 0) is 10.2 Å². The van der Waals surface area contributed by atoms with Crippen molar-refractivity contribution in [2.24, 2.45) is 0 Å². The molecule has 0 saturated heterocycles. The number of hydrogen-bond donors (Lipinski definition) is 3. The maximum Gasteiger partial charge on any atom is 0.256 e. The van der Waals surface area contributed by atoms with E-state index in [-0.39, 0.29) is 29.7 Å². The number of carbonyl (C=O) groups excluding carboxylic acids is 3. The second-order valence-electron chi connectivity index (χ2n) is 8.86. The van der Waals surface area contributed by atoms with E-state index in [1.165, 1.54) is 0 Å². The molecule has 3 aromatic carbocycles. The fraction of sp³-hybridized carbons (Fsp3) is 0.222. The van der Waals surface area contributed by atoms with Crippen LogP contribution in [0.5, 0.6) is 0 Å². The van der Waals surface area contributed by atoms with Crippen LogP contribution in [0.2, 0.25) is 0 Å². The summed E-state index contributed by atoms with van der Waals surface area (Å²) < 4.78 is 0. The summed E-state index contributed by atoms with van der Waals surface area (Å²) in [5, 5.41) is 8.25. The summed E-state index contributed by atoms with van der Waals surface area (Å²) in [6, 6.07) is 21.6. The van der Waals surface area contributed by atoms with Gasteiger partial charge < -0.3 is 16.0 Å². The molecule has 0 unspecified atom stereocenters. The first-order valence-corrected chi connectivity index (χ1v) is 10.8. The standard InChI is InChI=1S/C27H29N3O3/c1-18-22(26(33)29-21-9-6-5-7-10-21)11-8-12-23(18)30-24(31)17-28-25(32)19-13-15-20(16-14-19)27(2,3)4/h5-16H,17H2,1-4H3,(H,28,32)(H,29,33)(H,30,31). The van der Waals surface area contributed by atoms with Gasteiger partial charge in [-0.1, -0.05) is 57.2 Å². The van der Waals surface area contributed by atoms with Gasteiger partial charge in [0.2, 0.25) is 5.91 Å². The van der Waals surface area contributed by atoms with Gasteiger partial charge in [0.05, 0.1) is 6.54 Å². The molecular weight excluding hydrogens is 414 g/mol. The van der Waals surface area contributed by atoms with E-state index in [1.807, 2.05) is 30.3 Å². The van der Waals surface area contributed by atoms with Gasteiger partial charge in [-0.2, -0.15) is 0 Å². The lowest BCUT2D eigenvalue weighted by molar-refractivity contribution is -0.115. The Bertz CT molecular complexity index is 1150. The number of benzene rings is 3. The van der Waals surface area contributed by atoms with Crippen molar-refractivity contribution in [1.29, 1.82) is 0 Å². The molecule has 0 spiro atoms. The summed E-state index contributed by atoms with van der Waals surface area (Å²) in [6.07, 6.45) is 0. The van der Waals surface area contributed by atoms with Gasteiger partial charge in [-0.3, -0.25) is 14.4 Å². The molecule has 0 aliphatic carbocycles. The van der Waals surface area contributed by atoms with E-state index in [2.05, 4.69) is 36.7 Å². The molecular formula is C27H29N3O3. The first-order valence-electron chi connectivity index (χ1n) is 10.8. The summed E-state index contributed by atoms with van der Waals surface area (Å²) in [7, 11) is 0. The molecule has 6 heteroatoms. The Labute approximate surface area is 194 Å². The van der Waals surface area contributed by atoms with Crippen molar-refractivity contribution in [3.8, 4) is 0 Å². The molecule has 0 heterocycles. The third-order valence-electron chi connectivity index (χ3n) is 5.31. The van der Waals surface area contributed by atoms with Crippen molar-refractivity contribution in [2.75, 3.05) is 17.2 Å². The van der Waals surface area contributed by atoms with Crippen LogP contribution in [0.15, 0.2) is 72.8 Å². The highest BCUT2D eigenvalue weighted by atomic mass is 16.2. The summed E-state index contributed by atoms with van der Waals surface area (Å²) in [4.78, 5) is 37.5.